The van der Waals surface area contributed by atoms with E-state index in [0.717, 1.165) is 33.2 Å². The van der Waals surface area contributed by atoms with Crippen LogP contribution in [0.4, 0.5) is 4.79 Å². The lowest BCUT2D eigenvalue weighted by molar-refractivity contribution is -0.126. The minimum absolute atomic E-state index is 0.130. The van der Waals surface area contributed by atoms with Gasteiger partial charge in [0.1, 0.15) is 12.1 Å². The Labute approximate surface area is 205 Å². The van der Waals surface area contributed by atoms with Crippen molar-refractivity contribution in [3.63, 3.8) is 0 Å². The molecule has 4 rings (SSSR count). The number of aromatic nitrogens is 1. The summed E-state index contributed by atoms with van der Waals surface area (Å²) in [7, 11) is 0. The fourth-order valence-electron chi connectivity index (χ4n) is 4.09. The van der Waals surface area contributed by atoms with Crippen molar-refractivity contribution >= 4 is 22.9 Å². The Hall–Kier alpha value is -4.06. The lowest BCUT2D eigenvalue weighted by Gasteiger charge is -2.29. The first-order valence-electron chi connectivity index (χ1n) is 11.8. The third kappa shape index (κ3) is 6.29. The summed E-state index contributed by atoms with van der Waals surface area (Å²) in [6.07, 6.45) is 2.27. The first kappa shape index (κ1) is 24.1. The van der Waals surface area contributed by atoms with Crippen LogP contribution < -0.4 is 10.6 Å². The second-order valence-electron chi connectivity index (χ2n) is 9.05. The maximum Gasteiger partial charge on any atom is 0.408 e. The summed E-state index contributed by atoms with van der Waals surface area (Å²) in [4.78, 5) is 29.4. The molecular formula is C29H31N3O3. The van der Waals surface area contributed by atoms with E-state index in [1.165, 1.54) is 0 Å². The highest BCUT2D eigenvalue weighted by Gasteiger charge is 2.36. The highest BCUT2D eigenvalue weighted by atomic mass is 16.5. The first-order valence-corrected chi connectivity index (χ1v) is 11.8. The van der Waals surface area contributed by atoms with Crippen LogP contribution in [0.5, 0.6) is 0 Å². The van der Waals surface area contributed by atoms with Gasteiger partial charge in [-0.05, 0) is 43.0 Å². The maximum absolute atomic E-state index is 13.4. The zero-order valence-electron chi connectivity index (χ0n) is 20.1. The molecule has 0 radical (unpaired) electrons. The van der Waals surface area contributed by atoms with Gasteiger partial charge in [0, 0.05) is 30.1 Å². The molecular weight excluding hydrogens is 438 g/mol. The third-order valence-electron chi connectivity index (χ3n) is 6.13. The van der Waals surface area contributed by atoms with Crippen LogP contribution >= 0.6 is 0 Å². The molecule has 0 unspecified atom stereocenters. The number of rotatable bonds is 9. The molecule has 0 bridgehead atoms. The summed E-state index contributed by atoms with van der Waals surface area (Å²) in [5.74, 6) is -0.258. The minimum Gasteiger partial charge on any atom is -0.445 e. The van der Waals surface area contributed by atoms with E-state index in [4.69, 9.17) is 4.74 Å². The van der Waals surface area contributed by atoms with E-state index in [2.05, 4.69) is 15.6 Å². The van der Waals surface area contributed by atoms with Crippen LogP contribution in [-0.4, -0.2) is 29.1 Å². The van der Waals surface area contributed by atoms with Gasteiger partial charge in [0.2, 0.25) is 5.91 Å². The second-order valence-corrected chi connectivity index (χ2v) is 9.05. The van der Waals surface area contributed by atoms with Gasteiger partial charge in [-0.25, -0.2) is 4.79 Å². The van der Waals surface area contributed by atoms with E-state index < -0.39 is 11.6 Å². The number of H-pyrrole nitrogens is 1. The highest BCUT2D eigenvalue weighted by molar-refractivity contribution is 5.91. The zero-order valence-corrected chi connectivity index (χ0v) is 20.1. The van der Waals surface area contributed by atoms with Gasteiger partial charge in [0.25, 0.3) is 0 Å². The number of carbonyl (C=O) groups is 2. The number of aromatic amines is 1. The first-order chi connectivity index (χ1) is 16.9. The number of alkyl carbamates (subject to hydrolysis) is 1. The standard InChI is InChI=1S/C29H31N3O3/c1-21-12-14-23(15-13-21)20-35-28(34)32-29(2,18-24-19-31-26-11-7-6-10-25(24)26)27(33)30-17-16-22-8-4-3-5-9-22/h3-15,19,31H,16-18,20H2,1-2H3,(H,30,33)(H,32,34)/t29-/m1/s1. The third-order valence-corrected chi connectivity index (χ3v) is 6.13. The van der Waals surface area contributed by atoms with Gasteiger partial charge in [-0.3, -0.25) is 4.79 Å². The fourth-order valence-corrected chi connectivity index (χ4v) is 4.09. The molecule has 0 saturated carbocycles. The second kappa shape index (κ2) is 10.9. The summed E-state index contributed by atoms with van der Waals surface area (Å²) < 4.78 is 5.46. The topological polar surface area (TPSA) is 83.2 Å². The van der Waals surface area contributed by atoms with Crippen LogP contribution in [0, 0.1) is 6.92 Å². The number of fused-ring (bicyclic) bond motifs is 1. The van der Waals surface area contributed by atoms with Gasteiger partial charge < -0.3 is 20.4 Å². The monoisotopic (exact) mass is 469 g/mol. The Balaban J connectivity index is 1.46. The van der Waals surface area contributed by atoms with Crippen LogP contribution in [0.3, 0.4) is 0 Å². The van der Waals surface area contributed by atoms with Crippen LogP contribution in [0.25, 0.3) is 10.9 Å². The number of nitrogens with one attached hydrogen (secondary N) is 3. The Kier molecular flexibility index (Phi) is 7.51. The van der Waals surface area contributed by atoms with Crippen LogP contribution in [-0.2, 0) is 29.0 Å². The van der Waals surface area contributed by atoms with Crippen molar-refractivity contribution in [2.75, 3.05) is 6.54 Å². The molecule has 35 heavy (non-hydrogen) atoms. The average Bonchev–Trinajstić information content (AvgIpc) is 3.26. The molecule has 4 aromatic rings. The molecule has 6 heteroatoms. The molecule has 180 valence electrons. The molecule has 0 aliphatic heterocycles. The van der Waals surface area contributed by atoms with Gasteiger partial charge in [0.05, 0.1) is 0 Å². The van der Waals surface area contributed by atoms with Crippen molar-refractivity contribution in [1.82, 2.24) is 15.6 Å². The fraction of sp³-hybridized carbons (Fsp3) is 0.241. The normalized spacial score (nSPS) is 12.6. The summed E-state index contributed by atoms with van der Waals surface area (Å²) >= 11 is 0. The summed E-state index contributed by atoms with van der Waals surface area (Å²) in [6, 6.07) is 25.7. The van der Waals surface area contributed by atoms with Crippen molar-refractivity contribution < 1.29 is 14.3 Å². The van der Waals surface area contributed by atoms with E-state index in [1.54, 1.807) is 6.92 Å². The number of ether oxygens (including phenoxy) is 1. The predicted octanol–water partition coefficient (Wildman–Crippen LogP) is 5.06. The van der Waals surface area contributed by atoms with Crippen molar-refractivity contribution in [1.29, 1.82) is 0 Å². The van der Waals surface area contributed by atoms with Gasteiger partial charge in [-0.15, -0.1) is 0 Å². The molecule has 1 atom stereocenters. The maximum atomic E-state index is 13.4. The smallest absolute Gasteiger partial charge is 0.408 e. The van der Waals surface area contributed by atoms with Gasteiger partial charge in [-0.1, -0.05) is 78.4 Å². The quantitative estimate of drug-likeness (QED) is 0.320. The van der Waals surface area contributed by atoms with E-state index in [0.29, 0.717) is 19.4 Å². The molecule has 0 aliphatic carbocycles. The number of aryl methyl sites for hydroxylation is 1. The van der Waals surface area contributed by atoms with Gasteiger partial charge in [-0.2, -0.15) is 0 Å². The molecule has 2 amide bonds. The predicted molar refractivity (Wildman–Crippen MR) is 138 cm³/mol. The lowest BCUT2D eigenvalue weighted by atomic mass is 9.91. The molecule has 6 nitrogen and oxygen atoms in total. The van der Waals surface area contributed by atoms with E-state index in [1.807, 2.05) is 92.0 Å². The lowest BCUT2D eigenvalue weighted by Crippen LogP contribution is -2.58. The number of carbonyl (C=O) groups excluding carboxylic acids is 2. The molecule has 0 saturated heterocycles. The van der Waals surface area contributed by atoms with E-state index in [9.17, 15) is 9.59 Å². The molecule has 0 spiro atoms. The van der Waals surface area contributed by atoms with Crippen molar-refractivity contribution in [2.45, 2.75) is 38.8 Å². The number of para-hydroxylation sites is 1. The summed E-state index contributed by atoms with van der Waals surface area (Å²) in [5.41, 5.74) is 3.88. The van der Waals surface area contributed by atoms with Gasteiger partial charge >= 0.3 is 6.09 Å². The van der Waals surface area contributed by atoms with Gasteiger partial charge in [0.15, 0.2) is 0 Å². The van der Waals surface area contributed by atoms with E-state index >= 15 is 0 Å². The SMILES string of the molecule is Cc1ccc(COC(=O)N[C@](C)(Cc2c[nH]c3ccccc23)C(=O)NCCc2ccccc2)cc1. The van der Waals surface area contributed by atoms with Crippen LogP contribution in [0.1, 0.15) is 29.2 Å². The van der Waals surface area contributed by atoms with Crippen molar-refractivity contribution in [2.24, 2.45) is 0 Å². The molecule has 0 aliphatic rings. The largest absolute Gasteiger partial charge is 0.445 e. The van der Waals surface area contributed by atoms with E-state index in [-0.39, 0.29) is 12.5 Å². The number of amides is 2. The van der Waals surface area contributed by atoms with Crippen LogP contribution in [0.2, 0.25) is 0 Å². The Morgan fingerprint density at radius 1 is 0.914 bits per heavy atom. The Morgan fingerprint density at radius 2 is 1.63 bits per heavy atom. The number of hydrogen-bond donors (Lipinski definition) is 3. The summed E-state index contributed by atoms with van der Waals surface area (Å²) in [6.45, 7) is 4.33. The Bertz CT molecular complexity index is 1280. The van der Waals surface area contributed by atoms with Crippen molar-refractivity contribution in [3.05, 3.63) is 107 Å². The molecule has 3 N–H and O–H groups in total. The molecule has 1 heterocycles. The average molecular weight is 470 g/mol. The Morgan fingerprint density at radius 3 is 2.40 bits per heavy atom. The molecule has 1 aromatic heterocycles. The molecule has 3 aromatic carbocycles. The number of benzene rings is 3. The minimum atomic E-state index is -1.20. The highest BCUT2D eigenvalue weighted by Crippen LogP contribution is 2.23. The zero-order chi connectivity index (χ0) is 24.7. The molecule has 0 fully saturated rings. The number of hydrogen-bond acceptors (Lipinski definition) is 3. The summed E-state index contributed by atoms with van der Waals surface area (Å²) in [5, 5.41) is 6.86. The van der Waals surface area contributed by atoms with Crippen LogP contribution in [0.15, 0.2) is 85.1 Å². The van der Waals surface area contributed by atoms with Crippen molar-refractivity contribution in [3.8, 4) is 0 Å².